The molecule has 4 amide bonds. The van der Waals surface area contributed by atoms with E-state index in [2.05, 4.69) is 35.8 Å². The Bertz CT molecular complexity index is 2520. The molecule has 3 N–H and O–H groups in total. The quantitative estimate of drug-likeness (QED) is 0.175. The Morgan fingerprint density at radius 3 is 2.51 bits per heavy atom. The van der Waals surface area contributed by atoms with Crippen molar-refractivity contribution in [1.29, 1.82) is 0 Å². The molecule has 59 heavy (non-hydrogen) atoms. The molecular weight excluding hydrogens is 778 g/mol. The molecule has 1 unspecified atom stereocenters. The molecule has 17 nitrogen and oxygen atoms in total. The molecule has 3 saturated heterocycles. The molecule has 5 aromatic rings. The van der Waals surface area contributed by atoms with Gasteiger partial charge in [0, 0.05) is 89.8 Å². The van der Waals surface area contributed by atoms with Crippen LogP contribution in [-0.2, 0) is 28.5 Å². The number of carbonyl (C=O) groups excluding carboxylic acids is 4. The number of ether oxygens (including phenoxy) is 1. The van der Waals surface area contributed by atoms with Crippen LogP contribution in [0.3, 0.4) is 0 Å². The van der Waals surface area contributed by atoms with E-state index >= 15 is 0 Å². The highest BCUT2D eigenvalue weighted by molar-refractivity contribution is 6.33. The Labute approximate surface area is 344 Å². The van der Waals surface area contributed by atoms with Crippen LogP contribution in [-0.4, -0.2) is 117 Å². The van der Waals surface area contributed by atoms with Crippen molar-refractivity contribution in [3.05, 3.63) is 75.3 Å². The van der Waals surface area contributed by atoms with E-state index in [4.69, 9.17) is 21.3 Å². The SMILES string of the molecule is CNC(=O)COc1cc2cc(Nc3nc(N4CCC(CN5CCN(C(=O)c6cccc7c(C8CCC(=O)NC8=O)nn(C)c67)CC5)CC4)ncc3Cl)ccc2n(C)c1=O. The lowest BCUT2D eigenvalue weighted by Crippen LogP contribution is -2.50. The topological polar surface area (TPSA) is 189 Å². The Morgan fingerprint density at radius 1 is 0.983 bits per heavy atom. The summed E-state index contributed by atoms with van der Waals surface area (Å²) in [6, 6.07) is 12.7. The number of piperidine rings is 2. The zero-order chi connectivity index (χ0) is 41.4. The summed E-state index contributed by atoms with van der Waals surface area (Å²) in [5.41, 5.74) is 2.91. The fourth-order valence-electron chi connectivity index (χ4n) is 8.32. The van der Waals surface area contributed by atoms with Gasteiger partial charge in [0.25, 0.3) is 17.4 Å². The van der Waals surface area contributed by atoms with Gasteiger partial charge in [-0.1, -0.05) is 23.7 Å². The van der Waals surface area contributed by atoms with Crippen LogP contribution in [0.2, 0.25) is 5.02 Å². The molecule has 3 aliphatic heterocycles. The van der Waals surface area contributed by atoms with Gasteiger partial charge < -0.3 is 29.7 Å². The van der Waals surface area contributed by atoms with Gasteiger partial charge in [0.2, 0.25) is 17.8 Å². The normalized spacial score (nSPS) is 18.0. The van der Waals surface area contributed by atoms with Crippen molar-refractivity contribution in [2.24, 2.45) is 20.0 Å². The molecule has 6 heterocycles. The number of amides is 4. The highest BCUT2D eigenvalue weighted by atomic mass is 35.5. The van der Waals surface area contributed by atoms with Crippen molar-refractivity contribution in [2.45, 2.75) is 31.6 Å². The van der Waals surface area contributed by atoms with Crippen molar-refractivity contribution in [2.75, 3.05) is 69.7 Å². The van der Waals surface area contributed by atoms with Gasteiger partial charge in [-0.05, 0) is 55.5 Å². The highest BCUT2D eigenvalue weighted by Crippen LogP contribution is 2.33. The Morgan fingerprint density at radius 2 is 1.76 bits per heavy atom. The van der Waals surface area contributed by atoms with Crippen LogP contribution in [0.1, 0.15) is 47.7 Å². The minimum Gasteiger partial charge on any atom is -0.478 e. The third kappa shape index (κ3) is 8.16. The number of hydrogen-bond donors (Lipinski definition) is 3. The second-order valence-electron chi connectivity index (χ2n) is 15.3. The van der Waals surface area contributed by atoms with Crippen molar-refractivity contribution in [3.63, 3.8) is 0 Å². The minimum absolute atomic E-state index is 0.0519. The van der Waals surface area contributed by atoms with Crippen LogP contribution in [0.5, 0.6) is 5.75 Å². The van der Waals surface area contributed by atoms with Crippen LogP contribution >= 0.6 is 11.6 Å². The monoisotopic (exact) mass is 823 g/mol. The molecule has 308 valence electrons. The molecule has 1 atom stereocenters. The van der Waals surface area contributed by atoms with Gasteiger partial charge in [0.05, 0.1) is 34.4 Å². The molecule has 0 aliphatic carbocycles. The van der Waals surface area contributed by atoms with Gasteiger partial charge in [-0.25, -0.2) is 4.98 Å². The number of nitrogens with one attached hydrogen (secondary N) is 3. The first-order valence-corrected chi connectivity index (χ1v) is 20.2. The number of anilines is 3. The second kappa shape index (κ2) is 16.7. The van der Waals surface area contributed by atoms with Gasteiger partial charge in [0.1, 0.15) is 5.02 Å². The molecule has 18 heteroatoms. The number of carbonyl (C=O) groups is 4. The number of nitrogens with zero attached hydrogens (tertiary/aromatic N) is 8. The smallest absolute Gasteiger partial charge is 0.293 e. The number of fused-ring (bicyclic) bond motifs is 2. The maximum absolute atomic E-state index is 13.9. The number of aryl methyl sites for hydroxylation is 2. The lowest BCUT2D eigenvalue weighted by Gasteiger charge is -2.39. The van der Waals surface area contributed by atoms with Crippen molar-refractivity contribution in [1.82, 2.24) is 44.7 Å². The van der Waals surface area contributed by atoms with Gasteiger partial charge >= 0.3 is 0 Å². The van der Waals surface area contributed by atoms with Crippen LogP contribution in [0.25, 0.3) is 21.8 Å². The van der Waals surface area contributed by atoms with Crippen LogP contribution in [0, 0.1) is 5.92 Å². The van der Waals surface area contributed by atoms with E-state index in [1.807, 2.05) is 41.3 Å². The fraction of sp³-hybridized carbons (Fsp3) is 0.415. The summed E-state index contributed by atoms with van der Waals surface area (Å²) in [5, 5.41) is 14.7. The molecule has 0 spiro atoms. The number of aromatic nitrogens is 5. The Kier molecular flexibility index (Phi) is 11.2. The zero-order valence-electron chi connectivity index (χ0n) is 33.2. The zero-order valence-corrected chi connectivity index (χ0v) is 33.9. The first-order valence-electron chi connectivity index (χ1n) is 19.8. The van der Waals surface area contributed by atoms with Crippen LogP contribution in [0.15, 0.2) is 53.5 Å². The summed E-state index contributed by atoms with van der Waals surface area (Å²) >= 11 is 6.56. The average Bonchev–Trinajstić information content (AvgIpc) is 3.58. The average molecular weight is 824 g/mol. The lowest BCUT2D eigenvalue weighted by atomic mass is 9.92. The minimum atomic E-state index is -0.535. The standard InChI is InChI=1S/C41H46ClN11O6/c1-43-34(55)23-59-32-20-25-19-26(7-9-31(25)49(2)40(32)58)45-37-30(42)21-44-41(47-37)53-13-11-24(12-14-53)22-51-15-17-52(18-16-51)39(57)29-6-4-5-27-35(48-50(3)36(27)29)28-8-10-33(54)46-38(28)56/h4-7,9,19-21,24,28H,8,10-18,22-23H2,1-3H3,(H,43,55)(H,44,45,47)(H,46,54,56). The van der Waals surface area contributed by atoms with E-state index in [1.165, 1.54) is 11.6 Å². The molecule has 3 fully saturated rings. The summed E-state index contributed by atoms with van der Waals surface area (Å²) in [7, 11) is 4.94. The first kappa shape index (κ1) is 39.7. The Balaban J connectivity index is 0.855. The third-order valence-corrected chi connectivity index (χ3v) is 11.9. The lowest BCUT2D eigenvalue weighted by molar-refractivity contribution is -0.134. The molecule has 0 bridgehead atoms. The Hall–Kier alpha value is -6.07. The second-order valence-corrected chi connectivity index (χ2v) is 15.7. The maximum Gasteiger partial charge on any atom is 0.293 e. The molecule has 3 aromatic heterocycles. The van der Waals surface area contributed by atoms with E-state index in [1.54, 1.807) is 31.0 Å². The highest BCUT2D eigenvalue weighted by Gasteiger charge is 2.33. The molecule has 8 rings (SSSR count). The molecule has 2 aromatic carbocycles. The number of likely N-dealkylation sites (N-methyl/N-ethyl adjacent to an activating group) is 1. The van der Waals surface area contributed by atoms with E-state index in [9.17, 15) is 24.0 Å². The number of rotatable bonds is 10. The summed E-state index contributed by atoms with van der Waals surface area (Å²) in [4.78, 5) is 78.6. The van der Waals surface area contributed by atoms with E-state index < -0.39 is 5.92 Å². The fourth-order valence-corrected chi connectivity index (χ4v) is 8.46. The summed E-state index contributed by atoms with van der Waals surface area (Å²) in [6.45, 7) is 5.05. The van der Waals surface area contributed by atoms with Crippen LogP contribution in [0.4, 0.5) is 17.5 Å². The molecular formula is C41H46ClN11O6. The predicted molar refractivity (Wildman–Crippen MR) is 222 cm³/mol. The largest absolute Gasteiger partial charge is 0.478 e. The molecule has 3 aliphatic rings. The predicted octanol–water partition coefficient (Wildman–Crippen LogP) is 2.93. The summed E-state index contributed by atoms with van der Waals surface area (Å²) in [6.07, 6.45) is 4.19. The number of halogens is 1. The summed E-state index contributed by atoms with van der Waals surface area (Å²) in [5.74, 6) is 0.0609. The van der Waals surface area contributed by atoms with Crippen LogP contribution < -0.4 is 31.1 Å². The van der Waals surface area contributed by atoms with Crippen molar-refractivity contribution < 1.29 is 23.9 Å². The van der Waals surface area contributed by atoms with E-state index in [0.717, 1.165) is 56.3 Å². The first-order chi connectivity index (χ1) is 28.5. The molecule has 0 radical (unpaired) electrons. The van der Waals surface area contributed by atoms with Crippen molar-refractivity contribution >= 4 is 74.5 Å². The summed E-state index contributed by atoms with van der Waals surface area (Å²) < 4.78 is 8.66. The molecule has 0 saturated carbocycles. The van der Waals surface area contributed by atoms with Crippen molar-refractivity contribution in [3.8, 4) is 5.75 Å². The number of para-hydroxylation sites is 1. The maximum atomic E-state index is 13.9. The number of imide groups is 1. The van der Waals surface area contributed by atoms with Gasteiger partial charge in [-0.15, -0.1) is 0 Å². The number of pyridine rings is 1. The number of benzene rings is 2. The van der Waals surface area contributed by atoms with E-state index in [0.29, 0.717) is 70.2 Å². The third-order valence-electron chi connectivity index (χ3n) is 11.6. The van der Waals surface area contributed by atoms with E-state index in [-0.39, 0.29) is 48.0 Å². The number of hydrogen-bond acceptors (Lipinski definition) is 12. The number of piperazine rings is 1. The van der Waals surface area contributed by atoms with Gasteiger partial charge in [-0.2, -0.15) is 10.1 Å². The van der Waals surface area contributed by atoms with Gasteiger partial charge in [-0.3, -0.25) is 38.9 Å². The van der Waals surface area contributed by atoms with Gasteiger partial charge in [0.15, 0.2) is 18.2 Å².